The Bertz CT molecular complexity index is 700. The quantitative estimate of drug-likeness (QED) is 0.564. The maximum Gasteiger partial charge on any atom is 0.264 e. The van der Waals surface area contributed by atoms with Crippen molar-refractivity contribution in [1.29, 1.82) is 0 Å². The Morgan fingerprint density at radius 1 is 1.26 bits per heavy atom. The number of aromatic nitrogens is 1. The topological polar surface area (TPSA) is 63.2 Å². The molecule has 7 heteroatoms. The molecule has 1 aromatic heterocycles. The van der Waals surface area contributed by atoms with Gasteiger partial charge in [0.15, 0.2) is 11.7 Å². The Morgan fingerprint density at radius 2 is 1.96 bits per heavy atom. The van der Waals surface area contributed by atoms with E-state index in [1.807, 2.05) is 38.1 Å². The molecule has 120 valence electrons. The van der Waals surface area contributed by atoms with Gasteiger partial charge in [0, 0.05) is 9.77 Å². The van der Waals surface area contributed by atoms with Crippen molar-refractivity contribution in [2.75, 3.05) is 11.9 Å². The number of pyridine rings is 1. The number of thiocarbonyl (C=S) groups is 1. The summed E-state index contributed by atoms with van der Waals surface area (Å²) >= 11 is 7.24. The van der Waals surface area contributed by atoms with Gasteiger partial charge in [-0.3, -0.25) is 10.1 Å². The number of nitrogens with one attached hydrogen (secondary N) is 2. The largest absolute Gasteiger partial charge is 0.484 e. The lowest BCUT2D eigenvalue weighted by Gasteiger charge is -2.10. The van der Waals surface area contributed by atoms with Crippen molar-refractivity contribution in [2.45, 2.75) is 13.8 Å². The van der Waals surface area contributed by atoms with Crippen molar-refractivity contribution in [3.05, 3.63) is 51.2 Å². The Balaban J connectivity index is 1.82. The Hall–Kier alpha value is -1.74. The molecule has 23 heavy (non-hydrogen) atoms. The first-order valence-corrected chi connectivity index (χ1v) is 8.34. The number of carbonyl (C=O) groups excluding carboxylic acids is 1. The minimum absolute atomic E-state index is 0.106. The van der Waals surface area contributed by atoms with Crippen LogP contribution in [0.4, 0.5) is 5.82 Å². The third kappa shape index (κ3) is 6.11. The van der Waals surface area contributed by atoms with Crippen molar-refractivity contribution in [3.8, 4) is 5.75 Å². The second kappa shape index (κ2) is 8.21. The predicted octanol–water partition coefficient (Wildman–Crippen LogP) is 3.20. The van der Waals surface area contributed by atoms with Crippen molar-refractivity contribution >= 4 is 51.6 Å². The van der Waals surface area contributed by atoms with E-state index in [1.54, 1.807) is 12.3 Å². The van der Waals surface area contributed by atoms with E-state index in [4.69, 9.17) is 17.0 Å². The summed E-state index contributed by atoms with van der Waals surface area (Å²) in [4.78, 5) is 16.0. The normalized spacial score (nSPS) is 10.0. The zero-order valence-electron chi connectivity index (χ0n) is 12.7. The molecule has 0 unspecified atom stereocenters. The Labute approximate surface area is 154 Å². The van der Waals surface area contributed by atoms with Gasteiger partial charge in [0.05, 0.1) is 0 Å². The number of hydrogen-bond acceptors (Lipinski definition) is 4. The molecule has 2 aromatic rings. The lowest BCUT2D eigenvalue weighted by atomic mass is 10.1. The standard InChI is InChI=1S/C16H16IN3O2S/c1-10-5-11(2)7-13(6-10)22-9-15(21)20-16(23)19-14-4-3-12(17)8-18-14/h3-8H,9H2,1-2H3,(H2,18,19,20,21,23). The number of aryl methyl sites for hydroxylation is 2. The molecule has 0 aliphatic rings. The van der Waals surface area contributed by atoms with Gasteiger partial charge in [-0.2, -0.15) is 0 Å². The molecule has 0 aliphatic heterocycles. The van der Waals surface area contributed by atoms with Gasteiger partial charge in [-0.25, -0.2) is 4.98 Å². The van der Waals surface area contributed by atoms with Crippen molar-refractivity contribution < 1.29 is 9.53 Å². The highest BCUT2D eigenvalue weighted by atomic mass is 127. The summed E-state index contributed by atoms with van der Waals surface area (Å²) < 4.78 is 6.50. The molecule has 0 saturated carbocycles. The van der Waals surface area contributed by atoms with E-state index in [0.29, 0.717) is 11.6 Å². The maximum atomic E-state index is 11.9. The molecule has 2 N–H and O–H groups in total. The second-order valence-corrected chi connectivity index (χ2v) is 6.63. The van der Waals surface area contributed by atoms with E-state index in [0.717, 1.165) is 14.7 Å². The summed E-state index contributed by atoms with van der Waals surface area (Å²) in [5.74, 6) is 0.911. The molecule has 0 atom stereocenters. The van der Waals surface area contributed by atoms with Crippen LogP contribution < -0.4 is 15.4 Å². The van der Waals surface area contributed by atoms with Crippen LogP contribution in [0.5, 0.6) is 5.75 Å². The molecule has 0 spiro atoms. The monoisotopic (exact) mass is 441 g/mol. The number of rotatable bonds is 4. The van der Waals surface area contributed by atoms with Gasteiger partial charge in [0.1, 0.15) is 11.6 Å². The summed E-state index contributed by atoms with van der Waals surface area (Å²) in [5.41, 5.74) is 2.17. The number of hydrogen-bond donors (Lipinski definition) is 2. The van der Waals surface area contributed by atoms with Crippen LogP contribution in [0, 0.1) is 17.4 Å². The fourth-order valence-electron chi connectivity index (χ4n) is 1.93. The molecule has 0 aliphatic carbocycles. The molecule has 0 radical (unpaired) electrons. The first-order chi connectivity index (χ1) is 10.9. The van der Waals surface area contributed by atoms with E-state index < -0.39 is 0 Å². The molecule has 1 heterocycles. The molecular formula is C16H16IN3O2S. The van der Waals surface area contributed by atoms with Gasteiger partial charge in [-0.05, 0) is 84.0 Å². The molecule has 0 fully saturated rings. The van der Waals surface area contributed by atoms with Gasteiger partial charge in [-0.15, -0.1) is 0 Å². The second-order valence-electron chi connectivity index (χ2n) is 4.98. The van der Waals surface area contributed by atoms with Gasteiger partial charge < -0.3 is 10.1 Å². The van der Waals surface area contributed by atoms with Crippen LogP contribution in [-0.2, 0) is 4.79 Å². The van der Waals surface area contributed by atoms with Gasteiger partial charge in [0.25, 0.3) is 5.91 Å². The fraction of sp³-hybridized carbons (Fsp3) is 0.188. The minimum atomic E-state index is -0.327. The highest BCUT2D eigenvalue weighted by Crippen LogP contribution is 2.15. The molecule has 1 aromatic carbocycles. The zero-order valence-corrected chi connectivity index (χ0v) is 15.7. The number of amides is 1. The zero-order chi connectivity index (χ0) is 16.8. The lowest BCUT2D eigenvalue weighted by Crippen LogP contribution is -2.37. The SMILES string of the molecule is Cc1cc(C)cc(OCC(=O)NC(=S)Nc2ccc(I)cn2)c1. The fourth-order valence-corrected chi connectivity index (χ4v) is 2.46. The summed E-state index contributed by atoms with van der Waals surface area (Å²) in [7, 11) is 0. The third-order valence-electron chi connectivity index (χ3n) is 2.79. The van der Waals surface area contributed by atoms with Crippen LogP contribution in [0.25, 0.3) is 0 Å². The Kier molecular flexibility index (Phi) is 6.28. The first kappa shape index (κ1) is 17.6. The van der Waals surface area contributed by atoms with E-state index in [1.165, 1.54) is 0 Å². The predicted molar refractivity (Wildman–Crippen MR) is 103 cm³/mol. The number of anilines is 1. The summed E-state index contributed by atoms with van der Waals surface area (Å²) in [6.07, 6.45) is 1.70. The lowest BCUT2D eigenvalue weighted by molar-refractivity contribution is -0.121. The number of nitrogens with zero attached hydrogens (tertiary/aromatic N) is 1. The number of benzene rings is 1. The van der Waals surface area contributed by atoms with Crippen molar-refractivity contribution in [3.63, 3.8) is 0 Å². The number of ether oxygens (including phenoxy) is 1. The van der Waals surface area contributed by atoms with Gasteiger partial charge in [0.2, 0.25) is 0 Å². The minimum Gasteiger partial charge on any atom is -0.484 e. The molecule has 0 bridgehead atoms. The summed E-state index contributed by atoms with van der Waals surface area (Å²) in [5, 5.41) is 5.59. The van der Waals surface area contributed by atoms with E-state index in [9.17, 15) is 4.79 Å². The maximum absolute atomic E-state index is 11.9. The summed E-state index contributed by atoms with van der Waals surface area (Å²) in [6.45, 7) is 3.85. The first-order valence-electron chi connectivity index (χ1n) is 6.86. The van der Waals surface area contributed by atoms with E-state index in [-0.39, 0.29) is 17.6 Å². The van der Waals surface area contributed by atoms with Crippen LogP contribution in [-0.4, -0.2) is 22.6 Å². The highest BCUT2D eigenvalue weighted by Gasteiger charge is 2.07. The smallest absolute Gasteiger partial charge is 0.264 e. The number of halogens is 1. The van der Waals surface area contributed by atoms with Crippen LogP contribution in [0.2, 0.25) is 0 Å². The summed E-state index contributed by atoms with van der Waals surface area (Å²) in [6, 6.07) is 9.48. The van der Waals surface area contributed by atoms with Crippen molar-refractivity contribution in [1.82, 2.24) is 10.3 Å². The molecule has 2 rings (SSSR count). The van der Waals surface area contributed by atoms with Gasteiger partial charge in [-0.1, -0.05) is 6.07 Å². The van der Waals surface area contributed by atoms with Crippen LogP contribution >= 0.6 is 34.8 Å². The molecule has 0 saturated heterocycles. The average molecular weight is 441 g/mol. The van der Waals surface area contributed by atoms with E-state index in [2.05, 4.69) is 38.2 Å². The average Bonchev–Trinajstić information content (AvgIpc) is 2.46. The third-order valence-corrected chi connectivity index (χ3v) is 3.63. The van der Waals surface area contributed by atoms with Crippen LogP contribution in [0.1, 0.15) is 11.1 Å². The Morgan fingerprint density at radius 3 is 2.57 bits per heavy atom. The van der Waals surface area contributed by atoms with Crippen molar-refractivity contribution in [2.24, 2.45) is 0 Å². The molecular weight excluding hydrogens is 425 g/mol. The van der Waals surface area contributed by atoms with Crippen LogP contribution in [0.3, 0.4) is 0 Å². The van der Waals surface area contributed by atoms with E-state index >= 15 is 0 Å². The highest BCUT2D eigenvalue weighted by molar-refractivity contribution is 14.1. The van der Waals surface area contributed by atoms with Crippen LogP contribution in [0.15, 0.2) is 36.5 Å². The van der Waals surface area contributed by atoms with Gasteiger partial charge >= 0.3 is 0 Å². The molecule has 1 amide bonds. The molecule has 5 nitrogen and oxygen atoms in total. The number of carbonyl (C=O) groups is 1.